The molecule has 0 aliphatic carbocycles. The summed E-state index contributed by atoms with van der Waals surface area (Å²) in [5.41, 5.74) is 8.55. The van der Waals surface area contributed by atoms with Gasteiger partial charge in [0.15, 0.2) is 9.84 Å². The van der Waals surface area contributed by atoms with Gasteiger partial charge in [-0.1, -0.05) is 0 Å². The molecule has 0 amide bonds. The van der Waals surface area contributed by atoms with Crippen LogP contribution < -0.4 is 11.1 Å². The van der Waals surface area contributed by atoms with Crippen LogP contribution in [-0.4, -0.2) is 36.9 Å². The van der Waals surface area contributed by atoms with E-state index in [1.807, 2.05) is 6.92 Å². The molecular formula is C14H17N3O3S. The highest BCUT2D eigenvalue weighted by Gasteiger charge is 2.29. The van der Waals surface area contributed by atoms with E-state index in [4.69, 9.17) is 5.73 Å². The van der Waals surface area contributed by atoms with Crippen LogP contribution in [0, 0.1) is 0 Å². The molecule has 7 heteroatoms. The first-order valence-electron chi connectivity index (χ1n) is 6.74. The average Bonchev–Trinajstić information content (AvgIpc) is 2.77. The largest absolute Gasteiger partial charge is 0.396 e. The van der Waals surface area contributed by atoms with Gasteiger partial charge in [0.2, 0.25) is 0 Å². The number of nitrogen functional groups attached to an aromatic ring is 1. The molecule has 6 nitrogen and oxygen atoms in total. The van der Waals surface area contributed by atoms with Gasteiger partial charge >= 0.3 is 0 Å². The highest BCUT2D eigenvalue weighted by Crippen LogP contribution is 2.38. The molecule has 1 aromatic carbocycles. The quantitative estimate of drug-likeness (QED) is 0.779. The Kier molecular flexibility index (Phi) is 3.26. The first-order chi connectivity index (χ1) is 9.94. The number of aryl methyl sites for hydroxylation is 1. The number of rotatable bonds is 3. The summed E-state index contributed by atoms with van der Waals surface area (Å²) in [4.78, 5) is 4.64. The Balaban J connectivity index is 2.31. The number of sulfone groups is 1. The standard InChI is InChI=1S/C14H17N3O3S/c1-8(7-18)17-14-10(15)6-16-11-2-3-12-9(13(11)14)4-5-21(12,19)20/h2-3,6,8,18H,4-5,7,15H2,1H3,(H,16,17)/t8-/m1/s1. The van der Waals surface area contributed by atoms with Gasteiger partial charge in [-0.3, -0.25) is 4.98 Å². The van der Waals surface area contributed by atoms with Crippen LogP contribution in [0.15, 0.2) is 23.2 Å². The monoisotopic (exact) mass is 307 g/mol. The van der Waals surface area contributed by atoms with Crippen molar-refractivity contribution in [1.29, 1.82) is 0 Å². The van der Waals surface area contributed by atoms with Crippen LogP contribution in [-0.2, 0) is 16.3 Å². The third kappa shape index (κ3) is 2.22. The molecule has 1 aliphatic rings. The molecule has 1 aliphatic heterocycles. The van der Waals surface area contributed by atoms with Gasteiger partial charge in [-0.15, -0.1) is 0 Å². The number of fused-ring (bicyclic) bond motifs is 3. The first-order valence-corrected chi connectivity index (χ1v) is 8.39. The minimum atomic E-state index is -3.21. The number of nitrogens with two attached hydrogens (primary N) is 1. The summed E-state index contributed by atoms with van der Waals surface area (Å²) in [6.45, 7) is 1.78. The van der Waals surface area contributed by atoms with Gasteiger partial charge in [-0.25, -0.2) is 8.42 Å². The number of aliphatic hydroxyl groups is 1. The van der Waals surface area contributed by atoms with Crippen molar-refractivity contribution in [3.8, 4) is 0 Å². The molecule has 1 atom stereocenters. The second-order valence-electron chi connectivity index (χ2n) is 5.32. The van der Waals surface area contributed by atoms with Gasteiger partial charge in [-0.2, -0.15) is 0 Å². The molecule has 112 valence electrons. The predicted molar refractivity (Wildman–Crippen MR) is 82.1 cm³/mol. The topological polar surface area (TPSA) is 105 Å². The molecular weight excluding hydrogens is 290 g/mol. The van der Waals surface area contributed by atoms with E-state index in [9.17, 15) is 13.5 Å². The van der Waals surface area contributed by atoms with Crippen molar-refractivity contribution in [2.75, 3.05) is 23.4 Å². The summed E-state index contributed by atoms with van der Waals surface area (Å²) in [6, 6.07) is 3.13. The van der Waals surface area contributed by atoms with Crippen molar-refractivity contribution in [2.45, 2.75) is 24.3 Å². The molecule has 0 radical (unpaired) electrons. The van der Waals surface area contributed by atoms with E-state index in [2.05, 4.69) is 10.3 Å². The van der Waals surface area contributed by atoms with Crippen molar-refractivity contribution in [1.82, 2.24) is 4.98 Å². The SMILES string of the molecule is C[C@H](CO)Nc1c(N)cnc2ccc3c(c12)CCS3(=O)=O. The fourth-order valence-electron chi connectivity index (χ4n) is 2.68. The lowest BCUT2D eigenvalue weighted by Crippen LogP contribution is -2.20. The van der Waals surface area contributed by atoms with E-state index in [1.165, 1.54) is 0 Å². The van der Waals surface area contributed by atoms with Gasteiger partial charge in [0.05, 0.1) is 40.3 Å². The number of pyridine rings is 1. The summed E-state index contributed by atoms with van der Waals surface area (Å²) in [7, 11) is -3.21. The Morgan fingerprint density at radius 1 is 1.48 bits per heavy atom. The highest BCUT2D eigenvalue weighted by atomic mass is 32.2. The predicted octanol–water partition coefficient (Wildman–Crippen LogP) is 0.940. The lowest BCUT2D eigenvalue weighted by Gasteiger charge is -2.18. The van der Waals surface area contributed by atoms with E-state index >= 15 is 0 Å². The minimum Gasteiger partial charge on any atom is -0.396 e. The van der Waals surface area contributed by atoms with Crippen LogP contribution in [0.25, 0.3) is 10.9 Å². The number of nitrogens with one attached hydrogen (secondary N) is 1. The van der Waals surface area contributed by atoms with E-state index in [0.717, 1.165) is 10.9 Å². The third-order valence-corrected chi connectivity index (χ3v) is 5.54. The summed E-state index contributed by atoms with van der Waals surface area (Å²) < 4.78 is 24.1. The Labute approximate surface area is 122 Å². The summed E-state index contributed by atoms with van der Waals surface area (Å²) in [5.74, 6) is 0.116. The number of hydrogen-bond acceptors (Lipinski definition) is 6. The zero-order valence-corrected chi connectivity index (χ0v) is 12.4. The lowest BCUT2D eigenvalue weighted by atomic mass is 10.0. The second kappa shape index (κ2) is 4.85. The molecule has 0 saturated carbocycles. The first kappa shape index (κ1) is 14.1. The van der Waals surface area contributed by atoms with Gasteiger partial charge in [0, 0.05) is 11.4 Å². The molecule has 21 heavy (non-hydrogen) atoms. The molecule has 0 bridgehead atoms. The highest BCUT2D eigenvalue weighted by molar-refractivity contribution is 7.91. The second-order valence-corrected chi connectivity index (χ2v) is 7.40. The number of benzene rings is 1. The van der Waals surface area contributed by atoms with E-state index in [0.29, 0.717) is 28.2 Å². The zero-order chi connectivity index (χ0) is 15.2. The van der Waals surface area contributed by atoms with Crippen molar-refractivity contribution < 1.29 is 13.5 Å². The van der Waals surface area contributed by atoms with Crippen molar-refractivity contribution in [3.63, 3.8) is 0 Å². The Morgan fingerprint density at radius 3 is 2.95 bits per heavy atom. The van der Waals surface area contributed by atoms with Crippen molar-refractivity contribution in [3.05, 3.63) is 23.9 Å². The molecule has 2 heterocycles. The Hall–Kier alpha value is -1.86. The van der Waals surface area contributed by atoms with Crippen molar-refractivity contribution >= 4 is 32.1 Å². The van der Waals surface area contributed by atoms with Crippen LogP contribution in [0.2, 0.25) is 0 Å². The molecule has 3 rings (SSSR count). The molecule has 0 saturated heterocycles. The molecule has 2 aromatic rings. The normalized spacial score (nSPS) is 17.6. The molecule has 0 unspecified atom stereocenters. The Bertz CT molecular complexity index is 818. The van der Waals surface area contributed by atoms with Crippen LogP contribution in [0.4, 0.5) is 11.4 Å². The fourth-order valence-corrected chi connectivity index (χ4v) is 4.23. The molecule has 0 spiro atoms. The summed E-state index contributed by atoms with van der Waals surface area (Å²) in [5, 5.41) is 13.1. The van der Waals surface area contributed by atoms with Gasteiger partial charge in [0.25, 0.3) is 0 Å². The molecule has 0 fully saturated rings. The lowest BCUT2D eigenvalue weighted by molar-refractivity contribution is 0.281. The fraction of sp³-hybridized carbons (Fsp3) is 0.357. The molecule has 1 aromatic heterocycles. The van der Waals surface area contributed by atoms with Crippen LogP contribution in [0.1, 0.15) is 12.5 Å². The maximum Gasteiger partial charge on any atom is 0.179 e. The van der Waals surface area contributed by atoms with E-state index < -0.39 is 9.84 Å². The van der Waals surface area contributed by atoms with Crippen LogP contribution in [0.5, 0.6) is 0 Å². The Morgan fingerprint density at radius 2 is 2.24 bits per heavy atom. The molecule has 4 N–H and O–H groups in total. The zero-order valence-electron chi connectivity index (χ0n) is 11.6. The van der Waals surface area contributed by atoms with Crippen LogP contribution in [0.3, 0.4) is 0 Å². The van der Waals surface area contributed by atoms with Gasteiger partial charge < -0.3 is 16.2 Å². The maximum atomic E-state index is 12.1. The smallest absolute Gasteiger partial charge is 0.179 e. The van der Waals surface area contributed by atoms with Crippen molar-refractivity contribution in [2.24, 2.45) is 0 Å². The summed E-state index contributed by atoms with van der Waals surface area (Å²) >= 11 is 0. The average molecular weight is 307 g/mol. The van der Waals surface area contributed by atoms with E-state index in [1.54, 1.807) is 18.3 Å². The van der Waals surface area contributed by atoms with Crippen LogP contribution >= 0.6 is 0 Å². The van der Waals surface area contributed by atoms with Gasteiger partial charge in [-0.05, 0) is 31.0 Å². The third-order valence-electron chi connectivity index (χ3n) is 3.75. The number of anilines is 2. The minimum absolute atomic E-state index is 0.0451. The van der Waals surface area contributed by atoms with Gasteiger partial charge in [0.1, 0.15) is 0 Å². The van der Waals surface area contributed by atoms with E-state index in [-0.39, 0.29) is 18.4 Å². The number of nitrogens with zero attached hydrogens (tertiary/aromatic N) is 1. The maximum absolute atomic E-state index is 12.1. The number of aliphatic hydroxyl groups excluding tert-OH is 1. The summed E-state index contributed by atoms with van der Waals surface area (Å²) in [6.07, 6.45) is 2.01. The number of aromatic nitrogens is 1. The number of hydrogen-bond donors (Lipinski definition) is 3.